The molecule has 1 unspecified atom stereocenters. The van der Waals surface area contributed by atoms with Gasteiger partial charge >= 0.3 is 0 Å². The van der Waals surface area contributed by atoms with Crippen LogP contribution in [-0.4, -0.2) is 40.7 Å². The van der Waals surface area contributed by atoms with Gasteiger partial charge in [-0.2, -0.15) is 0 Å². The molecule has 0 bridgehead atoms. The molecule has 3 amide bonds. The average Bonchev–Trinajstić information content (AvgIpc) is 2.46. The van der Waals surface area contributed by atoms with Crippen molar-refractivity contribution in [3.8, 4) is 0 Å². The summed E-state index contributed by atoms with van der Waals surface area (Å²) in [5, 5.41) is 2.49. The average molecular weight is 257 g/mol. The van der Waals surface area contributed by atoms with E-state index < -0.39 is 23.3 Å². The van der Waals surface area contributed by atoms with E-state index in [0.717, 1.165) is 4.90 Å². The molecule has 0 saturated carbocycles. The van der Waals surface area contributed by atoms with Crippen LogP contribution < -0.4 is 11.1 Å². The maximum Gasteiger partial charge on any atom is 0.252 e. The number of nitrogens with one attached hydrogen (secondary N) is 1. The Hall–Kier alpha value is -1.50. The molecular formula is C10H15N3O3S. The lowest BCUT2D eigenvalue weighted by atomic mass is 9.92. The van der Waals surface area contributed by atoms with Crippen LogP contribution in [0.3, 0.4) is 0 Å². The lowest BCUT2D eigenvalue weighted by Gasteiger charge is -2.23. The van der Waals surface area contributed by atoms with Gasteiger partial charge in [0, 0.05) is 7.05 Å². The summed E-state index contributed by atoms with van der Waals surface area (Å²) in [6, 6.07) is -0.811. The smallest absolute Gasteiger partial charge is 0.252 e. The zero-order chi connectivity index (χ0) is 13.4. The summed E-state index contributed by atoms with van der Waals surface area (Å²) in [7, 11) is 1.38. The molecule has 0 aliphatic carbocycles. The fourth-order valence-corrected chi connectivity index (χ4v) is 1.41. The van der Waals surface area contributed by atoms with Gasteiger partial charge in [0.05, 0.1) is 16.8 Å². The van der Waals surface area contributed by atoms with Crippen molar-refractivity contribution in [3.63, 3.8) is 0 Å². The third kappa shape index (κ3) is 2.44. The Balaban J connectivity index is 2.75. The molecule has 0 aromatic carbocycles. The third-order valence-electron chi connectivity index (χ3n) is 2.87. The van der Waals surface area contributed by atoms with Crippen molar-refractivity contribution in [2.24, 2.45) is 11.1 Å². The zero-order valence-electron chi connectivity index (χ0n) is 9.94. The highest BCUT2D eigenvalue weighted by Gasteiger charge is 2.40. The third-order valence-corrected chi connectivity index (χ3v) is 3.38. The van der Waals surface area contributed by atoms with E-state index in [1.807, 2.05) is 0 Å². The molecular weight excluding hydrogens is 242 g/mol. The molecule has 1 atom stereocenters. The number of likely N-dealkylation sites (tertiary alicyclic amines) is 1. The number of amides is 3. The second-order valence-electron chi connectivity index (χ2n) is 4.51. The van der Waals surface area contributed by atoms with Gasteiger partial charge in [-0.25, -0.2) is 0 Å². The summed E-state index contributed by atoms with van der Waals surface area (Å²) >= 11 is 4.78. The number of nitrogens with two attached hydrogens (primary N) is 1. The Morgan fingerprint density at radius 2 is 2.06 bits per heavy atom. The van der Waals surface area contributed by atoms with Crippen LogP contribution in [-0.2, 0) is 14.4 Å². The molecule has 1 heterocycles. The van der Waals surface area contributed by atoms with Crippen LogP contribution in [0.1, 0.15) is 20.3 Å². The minimum absolute atomic E-state index is 0.0194. The van der Waals surface area contributed by atoms with E-state index in [2.05, 4.69) is 5.32 Å². The maximum absolute atomic E-state index is 11.9. The molecule has 1 fully saturated rings. The number of likely N-dealkylation sites (N-methyl/N-ethyl adjacent to an activating group) is 1. The van der Waals surface area contributed by atoms with Gasteiger partial charge in [-0.15, -0.1) is 0 Å². The number of hydrogen-bond donors (Lipinski definition) is 2. The fraction of sp³-hybridized carbons (Fsp3) is 0.600. The molecule has 6 nitrogen and oxygen atoms in total. The molecule has 0 aromatic rings. The van der Waals surface area contributed by atoms with Crippen LogP contribution in [0.2, 0.25) is 0 Å². The molecule has 94 valence electrons. The van der Waals surface area contributed by atoms with Gasteiger partial charge in [-0.05, 0) is 13.8 Å². The number of thiocarbonyl (C=S) groups is 1. The van der Waals surface area contributed by atoms with E-state index in [-0.39, 0.29) is 17.3 Å². The van der Waals surface area contributed by atoms with Gasteiger partial charge in [0.2, 0.25) is 11.8 Å². The summed E-state index contributed by atoms with van der Waals surface area (Å²) in [5.41, 5.74) is 4.40. The Morgan fingerprint density at radius 1 is 1.53 bits per heavy atom. The number of carbonyl (C=O) groups is 3. The van der Waals surface area contributed by atoms with E-state index >= 15 is 0 Å². The number of imide groups is 1. The van der Waals surface area contributed by atoms with Crippen molar-refractivity contribution in [2.75, 3.05) is 7.05 Å². The van der Waals surface area contributed by atoms with Crippen molar-refractivity contribution >= 4 is 34.9 Å². The minimum atomic E-state index is -1.04. The largest absolute Gasteiger partial charge is 0.392 e. The van der Waals surface area contributed by atoms with Crippen LogP contribution in [0.15, 0.2) is 0 Å². The van der Waals surface area contributed by atoms with Crippen molar-refractivity contribution in [1.29, 1.82) is 0 Å². The zero-order valence-corrected chi connectivity index (χ0v) is 10.8. The molecule has 0 radical (unpaired) electrons. The van der Waals surface area contributed by atoms with Crippen LogP contribution >= 0.6 is 12.2 Å². The van der Waals surface area contributed by atoms with E-state index in [1.165, 1.54) is 7.05 Å². The summed E-state index contributed by atoms with van der Waals surface area (Å²) < 4.78 is 0. The minimum Gasteiger partial charge on any atom is -0.392 e. The van der Waals surface area contributed by atoms with Crippen molar-refractivity contribution < 1.29 is 14.4 Å². The molecule has 17 heavy (non-hydrogen) atoms. The first-order valence-corrected chi connectivity index (χ1v) is 5.50. The van der Waals surface area contributed by atoms with Gasteiger partial charge in [0.15, 0.2) is 0 Å². The predicted octanol–water partition coefficient (Wildman–Crippen LogP) is -0.828. The van der Waals surface area contributed by atoms with Crippen LogP contribution in [0.5, 0.6) is 0 Å². The molecule has 1 aliphatic heterocycles. The first kappa shape index (κ1) is 13.6. The maximum atomic E-state index is 11.9. The first-order chi connectivity index (χ1) is 7.67. The summed E-state index contributed by atoms with van der Waals surface area (Å²) in [6.45, 7) is 3.13. The van der Waals surface area contributed by atoms with Crippen LogP contribution in [0, 0.1) is 5.41 Å². The van der Waals surface area contributed by atoms with Crippen molar-refractivity contribution in [2.45, 2.75) is 26.3 Å². The van der Waals surface area contributed by atoms with Crippen LogP contribution in [0.4, 0.5) is 0 Å². The summed E-state index contributed by atoms with van der Waals surface area (Å²) in [4.78, 5) is 35.7. The summed E-state index contributed by atoms with van der Waals surface area (Å²) in [5.74, 6) is -1.18. The molecule has 1 saturated heterocycles. The van der Waals surface area contributed by atoms with Gasteiger partial charge in [-0.3, -0.25) is 19.3 Å². The summed E-state index contributed by atoms with van der Waals surface area (Å²) in [6.07, 6.45) is -0.0194. The van der Waals surface area contributed by atoms with E-state index in [1.54, 1.807) is 13.8 Å². The Kier molecular flexibility index (Phi) is 3.51. The van der Waals surface area contributed by atoms with Gasteiger partial charge in [0.25, 0.3) is 5.91 Å². The highest BCUT2D eigenvalue weighted by Crippen LogP contribution is 2.18. The fourth-order valence-electron chi connectivity index (χ4n) is 1.32. The van der Waals surface area contributed by atoms with Gasteiger partial charge < -0.3 is 11.1 Å². The van der Waals surface area contributed by atoms with E-state index in [0.29, 0.717) is 0 Å². The molecule has 0 aromatic heterocycles. The number of carbonyl (C=O) groups excluding carboxylic acids is 3. The highest BCUT2D eigenvalue weighted by atomic mass is 32.1. The van der Waals surface area contributed by atoms with Crippen LogP contribution in [0.25, 0.3) is 0 Å². The second-order valence-corrected chi connectivity index (χ2v) is 4.95. The van der Waals surface area contributed by atoms with E-state index in [9.17, 15) is 14.4 Å². The van der Waals surface area contributed by atoms with E-state index in [4.69, 9.17) is 18.0 Å². The molecule has 7 heteroatoms. The second kappa shape index (κ2) is 4.40. The van der Waals surface area contributed by atoms with Gasteiger partial charge in [-0.1, -0.05) is 12.2 Å². The molecule has 3 N–H and O–H groups in total. The van der Waals surface area contributed by atoms with Crippen molar-refractivity contribution in [1.82, 2.24) is 10.2 Å². The van der Waals surface area contributed by atoms with Gasteiger partial charge in [0.1, 0.15) is 6.04 Å². The SMILES string of the molecule is CN1C(=O)CC(NC(=O)C(C)(C)C(N)=S)C1=O. The lowest BCUT2D eigenvalue weighted by molar-refractivity contribution is -0.138. The number of nitrogens with zero attached hydrogens (tertiary/aromatic N) is 1. The standard InChI is InChI=1S/C10H15N3O3S/c1-10(2,8(11)17)9(16)12-5-4-6(14)13(3)7(5)15/h5H,4H2,1-3H3,(H2,11,17)(H,12,16). The Bertz CT molecular complexity index is 406. The number of rotatable bonds is 3. The molecule has 0 spiro atoms. The topological polar surface area (TPSA) is 92.5 Å². The normalized spacial score (nSPS) is 20.6. The first-order valence-electron chi connectivity index (χ1n) is 5.09. The number of hydrogen-bond acceptors (Lipinski definition) is 4. The highest BCUT2D eigenvalue weighted by molar-refractivity contribution is 7.80. The molecule has 1 rings (SSSR count). The molecule has 1 aliphatic rings. The quantitative estimate of drug-likeness (QED) is 0.508. The Morgan fingerprint density at radius 3 is 2.41 bits per heavy atom. The monoisotopic (exact) mass is 257 g/mol. The van der Waals surface area contributed by atoms with Crippen molar-refractivity contribution in [3.05, 3.63) is 0 Å². The predicted molar refractivity (Wildman–Crippen MR) is 64.9 cm³/mol. The Labute approximate surface area is 105 Å². The lowest BCUT2D eigenvalue weighted by Crippen LogP contribution is -2.50.